The van der Waals surface area contributed by atoms with E-state index in [1.807, 2.05) is 23.9 Å². The number of benzene rings is 2. The van der Waals surface area contributed by atoms with E-state index in [9.17, 15) is 14.4 Å². The third kappa shape index (κ3) is 4.88. The zero-order valence-electron chi connectivity index (χ0n) is 16.2. The van der Waals surface area contributed by atoms with Gasteiger partial charge in [0.05, 0.1) is 6.54 Å². The molecule has 0 spiro atoms. The van der Waals surface area contributed by atoms with Crippen LogP contribution in [0.15, 0.2) is 53.4 Å². The molecular weight excluding hydrogens is 384 g/mol. The summed E-state index contributed by atoms with van der Waals surface area (Å²) in [7, 11) is 0. The average Bonchev–Trinajstić information content (AvgIpc) is 3.35. The third-order valence-corrected chi connectivity index (χ3v) is 6.78. The number of imide groups is 1. The normalized spacial score (nSPS) is 17.2. The van der Waals surface area contributed by atoms with Crippen molar-refractivity contribution in [3.63, 3.8) is 0 Å². The van der Waals surface area contributed by atoms with Crippen LogP contribution in [0.2, 0.25) is 0 Å². The number of hydrogen-bond acceptors (Lipinski definition) is 4. The molecule has 2 aromatic carbocycles. The van der Waals surface area contributed by atoms with Crippen molar-refractivity contribution < 1.29 is 14.4 Å². The molecule has 1 N–H and O–H groups in total. The highest BCUT2D eigenvalue weighted by molar-refractivity contribution is 8.00. The van der Waals surface area contributed by atoms with Crippen LogP contribution in [0.3, 0.4) is 0 Å². The number of amides is 3. The molecule has 2 aliphatic rings. The second-order valence-corrected chi connectivity index (χ2v) is 8.95. The smallest absolute Gasteiger partial charge is 0.255 e. The molecule has 0 radical (unpaired) electrons. The van der Waals surface area contributed by atoms with Crippen molar-refractivity contribution in [3.8, 4) is 0 Å². The summed E-state index contributed by atoms with van der Waals surface area (Å²) in [6.07, 6.45) is 5.82. The van der Waals surface area contributed by atoms with E-state index in [0.29, 0.717) is 5.56 Å². The zero-order chi connectivity index (χ0) is 20.2. The monoisotopic (exact) mass is 408 g/mol. The number of nitrogens with one attached hydrogen (secondary N) is 1. The molecule has 0 aromatic heterocycles. The van der Waals surface area contributed by atoms with Crippen molar-refractivity contribution in [1.29, 1.82) is 0 Å². The van der Waals surface area contributed by atoms with Gasteiger partial charge in [-0.15, -0.1) is 11.8 Å². The van der Waals surface area contributed by atoms with Gasteiger partial charge in [-0.3, -0.25) is 19.3 Å². The summed E-state index contributed by atoms with van der Waals surface area (Å²) in [6, 6.07) is 15.0. The van der Waals surface area contributed by atoms with E-state index in [4.69, 9.17) is 0 Å². The SMILES string of the molecule is O=C(Nc1ccc(SC2CCCC2)cc1)c1ccc(CN2C(=O)CCC2=O)cc1. The van der Waals surface area contributed by atoms with Crippen LogP contribution in [0.5, 0.6) is 0 Å². The van der Waals surface area contributed by atoms with E-state index in [0.717, 1.165) is 16.5 Å². The van der Waals surface area contributed by atoms with Crippen LogP contribution >= 0.6 is 11.8 Å². The first-order chi connectivity index (χ1) is 14.1. The van der Waals surface area contributed by atoms with Gasteiger partial charge < -0.3 is 5.32 Å². The quantitative estimate of drug-likeness (QED) is 0.708. The van der Waals surface area contributed by atoms with Gasteiger partial charge in [0.15, 0.2) is 0 Å². The number of carbonyl (C=O) groups excluding carboxylic acids is 3. The summed E-state index contributed by atoms with van der Waals surface area (Å²) in [5.74, 6) is -0.446. The van der Waals surface area contributed by atoms with Gasteiger partial charge in [-0.25, -0.2) is 0 Å². The lowest BCUT2D eigenvalue weighted by Gasteiger charge is -2.14. The lowest BCUT2D eigenvalue weighted by atomic mass is 10.1. The first kappa shape index (κ1) is 19.7. The Morgan fingerprint density at radius 2 is 1.55 bits per heavy atom. The molecule has 0 bridgehead atoms. The molecule has 5 nitrogen and oxygen atoms in total. The van der Waals surface area contributed by atoms with Gasteiger partial charge >= 0.3 is 0 Å². The second kappa shape index (κ2) is 8.82. The first-order valence-corrected chi connectivity index (χ1v) is 11.0. The van der Waals surface area contributed by atoms with Gasteiger partial charge in [-0.05, 0) is 54.8 Å². The van der Waals surface area contributed by atoms with Crippen molar-refractivity contribution in [1.82, 2.24) is 4.90 Å². The number of likely N-dealkylation sites (tertiary alicyclic amines) is 1. The minimum Gasteiger partial charge on any atom is -0.322 e. The molecule has 150 valence electrons. The molecule has 0 unspecified atom stereocenters. The maximum Gasteiger partial charge on any atom is 0.255 e. The molecule has 4 rings (SSSR count). The summed E-state index contributed by atoms with van der Waals surface area (Å²) in [6.45, 7) is 0.264. The Bertz CT molecular complexity index is 887. The molecular formula is C23H24N2O3S. The fourth-order valence-electron chi connectivity index (χ4n) is 3.76. The van der Waals surface area contributed by atoms with Crippen LogP contribution in [0.25, 0.3) is 0 Å². The number of anilines is 1. The fraction of sp³-hybridized carbons (Fsp3) is 0.348. The van der Waals surface area contributed by atoms with Crippen LogP contribution in [0.1, 0.15) is 54.4 Å². The molecule has 1 heterocycles. The molecule has 1 saturated carbocycles. The van der Waals surface area contributed by atoms with Crippen LogP contribution < -0.4 is 5.32 Å². The number of carbonyl (C=O) groups is 3. The third-order valence-electron chi connectivity index (χ3n) is 5.43. The number of rotatable bonds is 6. The standard InChI is InChI=1S/C23H24N2O3S/c26-21-13-14-22(27)25(21)15-16-5-7-17(8-6-16)23(28)24-18-9-11-20(12-10-18)29-19-3-1-2-4-19/h5-12,19H,1-4,13-15H2,(H,24,28). The Hall–Kier alpha value is -2.60. The fourth-order valence-corrected chi connectivity index (χ4v) is 5.01. The minimum absolute atomic E-state index is 0.133. The lowest BCUT2D eigenvalue weighted by Crippen LogP contribution is -2.28. The lowest BCUT2D eigenvalue weighted by molar-refractivity contribution is -0.139. The zero-order valence-corrected chi connectivity index (χ0v) is 17.0. The highest BCUT2D eigenvalue weighted by Gasteiger charge is 2.28. The van der Waals surface area contributed by atoms with Gasteiger partial charge in [-0.1, -0.05) is 25.0 Å². The van der Waals surface area contributed by atoms with Gasteiger partial charge in [0.25, 0.3) is 5.91 Å². The number of hydrogen-bond donors (Lipinski definition) is 1. The Morgan fingerprint density at radius 1 is 0.931 bits per heavy atom. The van der Waals surface area contributed by atoms with E-state index in [1.165, 1.54) is 35.5 Å². The maximum atomic E-state index is 12.5. The van der Waals surface area contributed by atoms with Gasteiger partial charge in [0.2, 0.25) is 11.8 Å². The molecule has 0 atom stereocenters. The Morgan fingerprint density at radius 3 is 2.17 bits per heavy atom. The van der Waals surface area contributed by atoms with E-state index < -0.39 is 0 Å². The summed E-state index contributed by atoms with van der Waals surface area (Å²) in [5.41, 5.74) is 2.14. The van der Waals surface area contributed by atoms with E-state index >= 15 is 0 Å². The van der Waals surface area contributed by atoms with Crippen molar-refractivity contribution in [2.45, 2.75) is 55.2 Å². The molecule has 1 saturated heterocycles. The minimum atomic E-state index is -0.180. The summed E-state index contributed by atoms with van der Waals surface area (Å²) >= 11 is 1.93. The molecule has 6 heteroatoms. The average molecular weight is 409 g/mol. The largest absolute Gasteiger partial charge is 0.322 e. The predicted molar refractivity (Wildman–Crippen MR) is 114 cm³/mol. The van der Waals surface area contributed by atoms with E-state index in [1.54, 1.807) is 24.3 Å². The van der Waals surface area contributed by atoms with Crippen LogP contribution in [0.4, 0.5) is 5.69 Å². The molecule has 3 amide bonds. The Balaban J connectivity index is 1.33. The topological polar surface area (TPSA) is 66.5 Å². The van der Waals surface area contributed by atoms with E-state index in [-0.39, 0.29) is 37.1 Å². The van der Waals surface area contributed by atoms with Crippen molar-refractivity contribution in [2.75, 3.05) is 5.32 Å². The Kier molecular flexibility index (Phi) is 6.00. The first-order valence-electron chi connectivity index (χ1n) is 10.1. The van der Waals surface area contributed by atoms with Crippen LogP contribution in [0, 0.1) is 0 Å². The van der Waals surface area contributed by atoms with E-state index in [2.05, 4.69) is 17.4 Å². The second-order valence-electron chi connectivity index (χ2n) is 7.57. The maximum absolute atomic E-state index is 12.5. The van der Waals surface area contributed by atoms with Crippen LogP contribution in [-0.2, 0) is 16.1 Å². The van der Waals surface area contributed by atoms with Crippen LogP contribution in [-0.4, -0.2) is 27.9 Å². The highest BCUT2D eigenvalue weighted by Crippen LogP contribution is 2.35. The summed E-state index contributed by atoms with van der Waals surface area (Å²) in [5, 5.41) is 3.64. The predicted octanol–water partition coefficient (Wildman–Crippen LogP) is 4.62. The Labute approximate surface area is 174 Å². The van der Waals surface area contributed by atoms with Gasteiger partial charge in [0, 0.05) is 34.2 Å². The van der Waals surface area contributed by atoms with Gasteiger partial charge in [-0.2, -0.15) is 0 Å². The van der Waals surface area contributed by atoms with Crippen molar-refractivity contribution in [2.24, 2.45) is 0 Å². The summed E-state index contributed by atoms with van der Waals surface area (Å²) in [4.78, 5) is 38.5. The molecule has 1 aliphatic carbocycles. The van der Waals surface area contributed by atoms with Gasteiger partial charge in [0.1, 0.15) is 0 Å². The van der Waals surface area contributed by atoms with Crippen molar-refractivity contribution in [3.05, 3.63) is 59.7 Å². The molecule has 2 fully saturated rings. The number of thioether (sulfide) groups is 1. The molecule has 1 aliphatic heterocycles. The molecule has 29 heavy (non-hydrogen) atoms. The highest BCUT2D eigenvalue weighted by atomic mass is 32.2. The molecule has 2 aromatic rings. The number of nitrogens with zero attached hydrogens (tertiary/aromatic N) is 1. The summed E-state index contributed by atoms with van der Waals surface area (Å²) < 4.78 is 0. The van der Waals surface area contributed by atoms with Crippen molar-refractivity contribution >= 4 is 35.2 Å².